The number of hydrogen-bond donors (Lipinski definition) is 1. The summed E-state index contributed by atoms with van der Waals surface area (Å²) in [7, 11) is 0. The van der Waals surface area contributed by atoms with Gasteiger partial charge in [-0.2, -0.15) is 13.2 Å². The fourth-order valence-corrected chi connectivity index (χ4v) is 2.16. The minimum Gasteiger partial charge on any atom is -0.374 e. The molecule has 0 bridgehead atoms. The molecule has 112 valence electrons. The molecule has 1 fully saturated rings. The largest absolute Gasteiger partial charge is 0.416 e. The molecular weight excluding hydrogens is 276 g/mol. The summed E-state index contributed by atoms with van der Waals surface area (Å²) in [5.74, 6) is -0.837. The summed E-state index contributed by atoms with van der Waals surface area (Å²) in [5, 5.41) is 0. The van der Waals surface area contributed by atoms with Gasteiger partial charge in [0.25, 0.3) is 0 Å². The first-order chi connectivity index (χ1) is 9.40. The SMILES string of the molecule is NC[C@@H]1CN(Cc2ccc(C(F)(F)F)cc2F)CCO1. The van der Waals surface area contributed by atoms with E-state index in [-0.39, 0.29) is 18.2 Å². The van der Waals surface area contributed by atoms with E-state index in [1.807, 2.05) is 4.90 Å². The van der Waals surface area contributed by atoms with E-state index >= 15 is 0 Å². The summed E-state index contributed by atoms with van der Waals surface area (Å²) in [6, 6.07) is 2.63. The van der Waals surface area contributed by atoms with Crippen LogP contribution in [-0.2, 0) is 17.5 Å². The van der Waals surface area contributed by atoms with E-state index in [0.717, 1.165) is 6.07 Å². The third-order valence-electron chi connectivity index (χ3n) is 3.26. The van der Waals surface area contributed by atoms with Crippen LogP contribution in [0.3, 0.4) is 0 Å². The van der Waals surface area contributed by atoms with Crippen molar-refractivity contribution in [3.63, 3.8) is 0 Å². The van der Waals surface area contributed by atoms with Crippen molar-refractivity contribution in [2.24, 2.45) is 5.73 Å². The van der Waals surface area contributed by atoms with Gasteiger partial charge in [0, 0.05) is 31.7 Å². The Balaban J connectivity index is 2.06. The number of nitrogens with zero attached hydrogens (tertiary/aromatic N) is 1. The average Bonchev–Trinajstić information content (AvgIpc) is 2.40. The predicted molar refractivity (Wildman–Crippen MR) is 65.5 cm³/mol. The number of alkyl halides is 3. The highest BCUT2D eigenvalue weighted by Crippen LogP contribution is 2.30. The van der Waals surface area contributed by atoms with Crippen molar-refractivity contribution in [1.29, 1.82) is 0 Å². The van der Waals surface area contributed by atoms with Crippen LogP contribution in [0.15, 0.2) is 18.2 Å². The number of nitrogens with two attached hydrogens (primary N) is 1. The number of halogens is 4. The molecule has 0 amide bonds. The number of morpholine rings is 1. The van der Waals surface area contributed by atoms with Crippen LogP contribution < -0.4 is 5.73 Å². The Morgan fingerprint density at radius 1 is 1.35 bits per heavy atom. The van der Waals surface area contributed by atoms with E-state index < -0.39 is 17.6 Å². The lowest BCUT2D eigenvalue weighted by molar-refractivity contribution is -0.137. The van der Waals surface area contributed by atoms with E-state index in [1.165, 1.54) is 6.07 Å². The molecule has 20 heavy (non-hydrogen) atoms. The second-order valence-corrected chi connectivity index (χ2v) is 4.77. The molecule has 1 aliphatic heterocycles. The van der Waals surface area contributed by atoms with Crippen LogP contribution in [0.5, 0.6) is 0 Å². The van der Waals surface area contributed by atoms with E-state index in [2.05, 4.69) is 0 Å². The lowest BCUT2D eigenvalue weighted by atomic mass is 10.1. The first kappa shape index (κ1) is 15.2. The summed E-state index contributed by atoms with van der Waals surface area (Å²) in [6.07, 6.45) is -4.63. The Labute approximate surface area is 114 Å². The van der Waals surface area contributed by atoms with Gasteiger partial charge in [-0.15, -0.1) is 0 Å². The van der Waals surface area contributed by atoms with Crippen molar-refractivity contribution in [1.82, 2.24) is 4.90 Å². The maximum atomic E-state index is 13.7. The van der Waals surface area contributed by atoms with E-state index in [1.54, 1.807) is 0 Å². The van der Waals surface area contributed by atoms with Gasteiger partial charge in [-0.3, -0.25) is 4.90 Å². The monoisotopic (exact) mass is 292 g/mol. The normalized spacial score (nSPS) is 21.1. The smallest absolute Gasteiger partial charge is 0.374 e. The van der Waals surface area contributed by atoms with Crippen molar-refractivity contribution >= 4 is 0 Å². The summed E-state index contributed by atoms with van der Waals surface area (Å²) in [6.45, 7) is 2.27. The summed E-state index contributed by atoms with van der Waals surface area (Å²) in [4.78, 5) is 1.92. The van der Waals surface area contributed by atoms with Crippen molar-refractivity contribution in [2.75, 3.05) is 26.2 Å². The highest BCUT2D eigenvalue weighted by molar-refractivity contribution is 5.26. The Hall–Kier alpha value is -1.18. The van der Waals surface area contributed by atoms with E-state index in [9.17, 15) is 17.6 Å². The van der Waals surface area contributed by atoms with Gasteiger partial charge in [0.2, 0.25) is 0 Å². The van der Waals surface area contributed by atoms with Gasteiger partial charge in [0.1, 0.15) is 5.82 Å². The number of benzene rings is 1. The van der Waals surface area contributed by atoms with Crippen LogP contribution in [-0.4, -0.2) is 37.2 Å². The second kappa shape index (κ2) is 6.07. The first-order valence-corrected chi connectivity index (χ1v) is 6.30. The molecule has 1 saturated heterocycles. The molecule has 0 spiro atoms. The molecular formula is C13H16F4N2O. The zero-order valence-corrected chi connectivity index (χ0v) is 10.8. The topological polar surface area (TPSA) is 38.5 Å². The third-order valence-corrected chi connectivity index (χ3v) is 3.26. The first-order valence-electron chi connectivity index (χ1n) is 6.30. The van der Waals surface area contributed by atoms with Crippen LogP contribution in [0.25, 0.3) is 0 Å². The Bertz CT molecular complexity index is 464. The number of rotatable bonds is 3. The lowest BCUT2D eigenvalue weighted by Crippen LogP contribution is -2.45. The average molecular weight is 292 g/mol. The van der Waals surface area contributed by atoms with Crippen molar-refractivity contribution in [3.8, 4) is 0 Å². The van der Waals surface area contributed by atoms with Crippen LogP contribution in [0, 0.1) is 5.82 Å². The van der Waals surface area contributed by atoms with Crippen molar-refractivity contribution in [3.05, 3.63) is 35.1 Å². The molecule has 1 aromatic carbocycles. The standard InChI is InChI=1S/C13H16F4N2O/c14-12-5-10(13(15,16)17)2-1-9(12)7-19-3-4-20-11(6-18)8-19/h1-2,5,11H,3-4,6-8,18H2/t11-/m1/s1. The van der Waals surface area contributed by atoms with E-state index in [4.69, 9.17) is 10.5 Å². The van der Waals surface area contributed by atoms with Crippen LogP contribution in [0.2, 0.25) is 0 Å². The second-order valence-electron chi connectivity index (χ2n) is 4.77. The summed E-state index contributed by atoms with van der Waals surface area (Å²) >= 11 is 0. The highest BCUT2D eigenvalue weighted by Gasteiger charge is 2.31. The number of hydrogen-bond acceptors (Lipinski definition) is 3. The fourth-order valence-electron chi connectivity index (χ4n) is 2.16. The van der Waals surface area contributed by atoms with Gasteiger partial charge in [-0.1, -0.05) is 6.07 Å². The number of ether oxygens (including phenoxy) is 1. The fraction of sp³-hybridized carbons (Fsp3) is 0.538. The van der Waals surface area contributed by atoms with E-state index in [0.29, 0.717) is 32.3 Å². The van der Waals surface area contributed by atoms with Crippen LogP contribution >= 0.6 is 0 Å². The molecule has 2 N–H and O–H groups in total. The molecule has 0 saturated carbocycles. The Kier molecular flexibility index (Phi) is 4.62. The molecule has 0 aliphatic carbocycles. The molecule has 1 aliphatic rings. The maximum absolute atomic E-state index is 13.7. The zero-order valence-electron chi connectivity index (χ0n) is 10.8. The van der Waals surface area contributed by atoms with Crippen molar-refractivity contribution < 1.29 is 22.3 Å². The molecule has 0 radical (unpaired) electrons. The Morgan fingerprint density at radius 2 is 2.10 bits per heavy atom. The summed E-state index contributed by atoms with van der Waals surface area (Å²) < 4.78 is 56.5. The zero-order chi connectivity index (χ0) is 14.8. The lowest BCUT2D eigenvalue weighted by Gasteiger charge is -2.32. The molecule has 3 nitrogen and oxygen atoms in total. The molecule has 1 aromatic rings. The van der Waals surface area contributed by atoms with Gasteiger partial charge >= 0.3 is 6.18 Å². The minimum atomic E-state index is -4.52. The van der Waals surface area contributed by atoms with Crippen LogP contribution in [0.1, 0.15) is 11.1 Å². The molecule has 0 unspecified atom stereocenters. The quantitative estimate of drug-likeness (QED) is 0.866. The molecule has 7 heteroatoms. The van der Waals surface area contributed by atoms with Crippen molar-refractivity contribution in [2.45, 2.75) is 18.8 Å². The van der Waals surface area contributed by atoms with Gasteiger partial charge in [-0.05, 0) is 12.1 Å². The van der Waals surface area contributed by atoms with Gasteiger partial charge in [0.05, 0.1) is 18.3 Å². The van der Waals surface area contributed by atoms with Gasteiger partial charge in [0.15, 0.2) is 0 Å². The molecule has 2 rings (SSSR count). The Morgan fingerprint density at radius 3 is 2.70 bits per heavy atom. The molecule has 1 heterocycles. The minimum absolute atomic E-state index is 0.110. The van der Waals surface area contributed by atoms with Gasteiger partial charge in [-0.25, -0.2) is 4.39 Å². The predicted octanol–water partition coefficient (Wildman–Crippen LogP) is 2.00. The molecule has 1 atom stereocenters. The summed E-state index contributed by atoms with van der Waals surface area (Å²) in [5.41, 5.74) is 4.78. The van der Waals surface area contributed by atoms with Crippen LogP contribution in [0.4, 0.5) is 17.6 Å². The maximum Gasteiger partial charge on any atom is 0.416 e. The highest BCUT2D eigenvalue weighted by atomic mass is 19.4. The molecule has 0 aromatic heterocycles. The van der Waals surface area contributed by atoms with Gasteiger partial charge < -0.3 is 10.5 Å². The third kappa shape index (κ3) is 3.68.